The van der Waals surface area contributed by atoms with Crippen LogP contribution in [0.1, 0.15) is 37.7 Å². The van der Waals surface area contributed by atoms with Crippen LogP contribution >= 0.6 is 0 Å². The van der Waals surface area contributed by atoms with E-state index in [4.69, 9.17) is 4.74 Å². The van der Waals surface area contributed by atoms with E-state index in [0.29, 0.717) is 18.9 Å². The highest BCUT2D eigenvalue weighted by Gasteiger charge is 2.16. The molecule has 0 spiro atoms. The summed E-state index contributed by atoms with van der Waals surface area (Å²) < 4.78 is 5.45. The highest BCUT2D eigenvalue weighted by atomic mass is 16.5. The summed E-state index contributed by atoms with van der Waals surface area (Å²) in [6, 6.07) is 8.04. The third-order valence-corrected chi connectivity index (χ3v) is 4.21. The fraction of sp³-hybridized carbons (Fsp3) is 0.471. The molecule has 3 nitrogen and oxygen atoms in total. The number of esters is 1. The zero-order chi connectivity index (χ0) is 13.8. The first-order valence-electron chi connectivity index (χ1n) is 7.53. The molecule has 20 heavy (non-hydrogen) atoms. The van der Waals surface area contributed by atoms with Gasteiger partial charge in [0.15, 0.2) is 0 Å². The summed E-state index contributed by atoms with van der Waals surface area (Å²) in [6.45, 7) is 0.598. The van der Waals surface area contributed by atoms with Gasteiger partial charge in [0.25, 0.3) is 0 Å². The van der Waals surface area contributed by atoms with Crippen LogP contribution in [0.2, 0.25) is 0 Å². The number of aromatic nitrogens is 1. The maximum Gasteiger partial charge on any atom is 0.310 e. The number of H-pyrrole nitrogens is 1. The van der Waals surface area contributed by atoms with Gasteiger partial charge in [-0.3, -0.25) is 4.79 Å². The maximum atomic E-state index is 12.0. The van der Waals surface area contributed by atoms with E-state index >= 15 is 0 Å². The third-order valence-electron chi connectivity index (χ3n) is 4.21. The number of ether oxygens (including phenoxy) is 1. The summed E-state index contributed by atoms with van der Waals surface area (Å²) in [6.07, 6.45) is 8.58. The fourth-order valence-electron chi connectivity index (χ4n) is 3.05. The van der Waals surface area contributed by atoms with Crippen molar-refractivity contribution < 1.29 is 9.53 Å². The van der Waals surface area contributed by atoms with Crippen molar-refractivity contribution in [3.05, 3.63) is 36.0 Å². The van der Waals surface area contributed by atoms with Gasteiger partial charge in [0.2, 0.25) is 0 Å². The van der Waals surface area contributed by atoms with Crippen molar-refractivity contribution in [1.82, 2.24) is 4.98 Å². The summed E-state index contributed by atoms with van der Waals surface area (Å²) in [4.78, 5) is 15.2. The standard InChI is InChI=1S/C17H21NO2/c19-17(20-12-13-6-2-1-3-7-13)10-14-11-18-16-9-5-4-8-15(14)16/h4-5,8-9,11,13,18H,1-3,6-7,10,12H2. The quantitative estimate of drug-likeness (QED) is 0.859. The van der Waals surface area contributed by atoms with Gasteiger partial charge in [-0.2, -0.15) is 0 Å². The van der Waals surface area contributed by atoms with Crippen molar-refractivity contribution in [3.8, 4) is 0 Å². The zero-order valence-electron chi connectivity index (χ0n) is 11.7. The largest absolute Gasteiger partial charge is 0.465 e. The van der Waals surface area contributed by atoms with E-state index in [2.05, 4.69) is 4.98 Å². The van der Waals surface area contributed by atoms with Crippen LogP contribution in [0.5, 0.6) is 0 Å². The van der Waals surface area contributed by atoms with Gasteiger partial charge in [-0.1, -0.05) is 37.5 Å². The van der Waals surface area contributed by atoms with Crippen molar-refractivity contribution in [2.75, 3.05) is 6.61 Å². The molecule has 1 fully saturated rings. The zero-order valence-corrected chi connectivity index (χ0v) is 11.7. The first kappa shape index (κ1) is 13.2. The second-order valence-corrected chi connectivity index (χ2v) is 5.72. The van der Waals surface area contributed by atoms with Crippen LogP contribution in [0.25, 0.3) is 10.9 Å². The molecule has 0 unspecified atom stereocenters. The minimum absolute atomic E-state index is 0.111. The average Bonchev–Trinajstić information content (AvgIpc) is 2.90. The van der Waals surface area contributed by atoms with Gasteiger partial charge < -0.3 is 9.72 Å². The number of nitrogens with one attached hydrogen (secondary N) is 1. The van der Waals surface area contributed by atoms with Gasteiger partial charge in [0, 0.05) is 17.1 Å². The normalized spacial score (nSPS) is 16.4. The van der Waals surface area contributed by atoms with Crippen molar-refractivity contribution in [1.29, 1.82) is 0 Å². The minimum Gasteiger partial charge on any atom is -0.465 e. The highest BCUT2D eigenvalue weighted by Crippen LogP contribution is 2.24. The molecular weight excluding hydrogens is 250 g/mol. The summed E-state index contributed by atoms with van der Waals surface area (Å²) in [5.41, 5.74) is 2.09. The highest BCUT2D eigenvalue weighted by molar-refractivity contribution is 5.87. The lowest BCUT2D eigenvalue weighted by atomic mass is 9.90. The lowest BCUT2D eigenvalue weighted by Crippen LogP contribution is -2.17. The molecule has 106 valence electrons. The first-order chi connectivity index (χ1) is 9.83. The van der Waals surface area contributed by atoms with Crippen LogP contribution in [0.4, 0.5) is 0 Å². The van der Waals surface area contributed by atoms with Crippen molar-refractivity contribution in [2.45, 2.75) is 38.5 Å². The van der Waals surface area contributed by atoms with Crippen molar-refractivity contribution >= 4 is 16.9 Å². The van der Waals surface area contributed by atoms with Crippen LogP contribution < -0.4 is 0 Å². The number of para-hydroxylation sites is 1. The predicted molar refractivity (Wildman–Crippen MR) is 79.5 cm³/mol. The van der Waals surface area contributed by atoms with Gasteiger partial charge in [0.1, 0.15) is 0 Å². The lowest BCUT2D eigenvalue weighted by Gasteiger charge is -2.20. The summed E-state index contributed by atoms with van der Waals surface area (Å²) >= 11 is 0. The van der Waals surface area contributed by atoms with E-state index in [1.807, 2.05) is 30.5 Å². The van der Waals surface area contributed by atoms with Gasteiger partial charge in [-0.05, 0) is 30.4 Å². The van der Waals surface area contributed by atoms with E-state index < -0.39 is 0 Å². The van der Waals surface area contributed by atoms with Gasteiger partial charge in [-0.15, -0.1) is 0 Å². The topological polar surface area (TPSA) is 42.1 Å². The Bertz CT molecular complexity index is 581. The van der Waals surface area contributed by atoms with E-state index in [0.717, 1.165) is 16.5 Å². The molecule has 0 atom stereocenters. The average molecular weight is 271 g/mol. The Balaban J connectivity index is 1.55. The molecule has 1 aromatic heterocycles. The molecule has 1 N–H and O–H groups in total. The smallest absolute Gasteiger partial charge is 0.310 e. The predicted octanol–water partition coefficient (Wildman–Crippen LogP) is 3.83. The third kappa shape index (κ3) is 3.03. The summed E-state index contributed by atoms with van der Waals surface area (Å²) in [5.74, 6) is 0.469. The van der Waals surface area contributed by atoms with Crippen LogP contribution in [0.15, 0.2) is 30.5 Å². The fourth-order valence-corrected chi connectivity index (χ4v) is 3.05. The number of fused-ring (bicyclic) bond motifs is 1. The molecule has 3 rings (SSSR count). The van der Waals surface area contributed by atoms with Gasteiger partial charge in [-0.25, -0.2) is 0 Å². The van der Waals surface area contributed by atoms with Crippen LogP contribution in [0, 0.1) is 5.92 Å². The Kier molecular flexibility index (Phi) is 4.05. The number of carbonyl (C=O) groups is 1. The molecule has 2 aromatic rings. The number of rotatable bonds is 4. The number of aromatic amines is 1. The molecule has 0 radical (unpaired) electrons. The van der Waals surface area contributed by atoms with Crippen LogP contribution in [0.3, 0.4) is 0 Å². The Morgan fingerprint density at radius 1 is 1.20 bits per heavy atom. The number of hydrogen-bond donors (Lipinski definition) is 1. The van der Waals surface area contributed by atoms with Crippen molar-refractivity contribution in [3.63, 3.8) is 0 Å². The molecule has 1 heterocycles. The Hall–Kier alpha value is -1.77. The van der Waals surface area contributed by atoms with Crippen molar-refractivity contribution in [2.24, 2.45) is 5.92 Å². The first-order valence-corrected chi connectivity index (χ1v) is 7.53. The van der Waals surface area contributed by atoms with E-state index in [1.54, 1.807) is 0 Å². The van der Waals surface area contributed by atoms with Crippen LogP contribution in [-0.4, -0.2) is 17.6 Å². The molecule has 1 aliphatic carbocycles. The molecular formula is C17H21NO2. The monoisotopic (exact) mass is 271 g/mol. The molecule has 1 aromatic carbocycles. The SMILES string of the molecule is O=C(Cc1c[nH]c2ccccc12)OCC1CCCCC1. The number of hydrogen-bond acceptors (Lipinski definition) is 2. The molecule has 0 saturated heterocycles. The Morgan fingerprint density at radius 2 is 2.00 bits per heavy atom. The second kappa shape index (κ2) is 6.12. The maximum absolute atomic E-state index is 12.0. The molecule has 3 heteroatoms. The molecule has 0 amide bonds. The van der Waals surface area contributed by atoms with Gasteiger partial charge in [0.05, 0.1) is 13.0 Å². The number of carbonyl (C=O) groups excluding carboxylic acids is 1. The lowest BCUT2D eigenvalue weighted by molar-refractivity contribution is -0.144. The summed E-state index contributed by atoms with van der Waals surface area (Å²) in [7, 11) is 0. The molecule has 0 aliphatic heterocycles. The number of benzene rings is 1. The van der Waals surface area contributed by atoms with Crippen LogP contribution in [-0.2, 0) is 16.0 Å². The summed E-state index contributed by atoms with van der Waals surface area (Å²) in [5, 5.41) is 1.11. The van der Waals surface area contributed by atoms with E-state index in [1.165, 1.54) is 32.1 Å². The molecule has 1 aliphatic rings. The van der Waals surface area contributed by atoms with Gasteiger partial charge >= 0.3 is 5.97 Å². The second-order valence-electron chi connectivity index (χ2n) is 5.72. The Labute approximate surface area is 119 Å². The van der Waals surface area contributed by atoms with E-state index in [-0.39, 0.29) is 5.97 Å². The molecule has 0 bridgehead atoms. The minimum atomic E-state index is -0.111. The van der Waals surface area contributed by atoms with E-state index in [9.17, 15) is 4.79 Å². The Morgan fingerprint density at radius 3 is 2.85 bits per heavy atom. The molecule has 1 saturated carbocycles.